The van der Waals surface area contributed by atoms with E-state index < -0.39 is 6.10 Å². The molecule has 1 N–H and O–H groups in total. The lowest BCUT2D eigenvalue weighted by atomic mass is 10.00. The van der Waals surface area contributed by atoms with Crippen LogP contribution in [0.2, 0.25) is 0 Å². The normalized spacial score (nSPS) is 16.4. The Balaban J connectivity index is 1.37. The molecule has 1 aromatic carbocycles. The van der Waals surface area contributed by atoms with Crippen molar-refractivity contribution in [3.8, 4) is 5.75 Å². The first-order valence-corrected chi connectivity index (χ1v) is 13.0. The Kier molecular flexibility index (Phi) is 9.14. The van der Waals surface area contributed by atoms with Gasteiger partial charge in [-0.25, -0.2) is 4.39 Å². The third-order valence-electron chi connectivity index (χ3n) is 6.29. The number of ether oxygens (including phenoxy) is 2. The van der Waals surface area contributed by atoms with Crippen LogP contribution >= 0.6 is 11.3 Å². The molecule has 3 aromatic rings. The van der Waals surface area contributed by atoms with E-state index in [1.807, 2.05) is 35.1 Å². The molecule has 194 valence electrons. The van der Waals surface area contributed by atoms with E-state index in [0.717, 1.165) is 12.0 Å². The molecule has 0 fully saturated rings. The minimum Gasteiger partial charge on any atom is -0.491 e. The van der Waals surface area contributed by atoms with Crippen molar-refractivity contribution in [2.45, 2.75) is 45.1 Å². The number of furan rings is 1. The fraction of sp³-hybridized carbons (Fsp3) is 0.444. The highest BCUT2D eigenvalue weighted by Gasteiger charge is 2.33. The van der Waals surface area contributed by atoms with Crippen LogP contribution in [0, 0.1) is 5.82 Å². The zero-order chi connectivity index (χ0) is 25.5. The summed E-state index contributed by atoms with van der Waals surface area (Å²) in [6.45, 7) is 5.83. The number of fused-ring (bicyclic) bond motifs is 1. The molecular weight excluding hydrogens is 483 g/mol. The van der Waals surface area contributed by atoms with E-state index in [0.29, 0.717) is 24.6 Å². The Bertz CT molecular complexity index is 1090. The number of carbonyl (C=O) groups is 1. The van der Waals surface area contributed by atoms with Gasteiger partial charge in [0, 0.05) is 24.0 Å². The number of nitrogens with zero attached hydrogens (tertiary/aromatic N) is 2. The SMILES string of the molecule is CC(C)N(CC(=O)N1CCc2sccc2[C@@H]1COc1ccc(F)cc1)C[C@H](O)COCc1ccco1. The number of thiophene rings is 1. The minimum absolute atomic E-state index is 0.0167. The standard InChI is InChI=1S/C27H33FN2O5S/c1-19(2)29(14-21(31)16-33-17-23-4-3-12-34-23)15-27(32)30-11-9-26-24(10-13-36-26)25(30)18-35-22-7-5-20(28)6-8-22/h3-8,10,12-13,19,21,25,31H,9,11,14-18H2,1-2H3/t21-,25-/m0/s1. The molecule has 2 aromatic heterocycles. The van der Waals surface area contributed by atoms with Crippen LogP contribution < -0.4 is 4.74 Å². The number of benzene rings is 1. The number of aliphatic hydroxyl groups is 1. The van der Waals surface area contributed by atoms with Gasteiger partial charge in [-0.05, 0) is 73.7 Å². The van der Waals surface area contributed by atoms with E-state index in [1.54, 1.807) is 35.8 Å². The Morgan fingerprint density at radius 3 is 2.81 bits per heavy atom. The lowest BCUT2D eigenvalue weighted by Crippen LogP contribution is -2.49. The van der Waals surface area contributed by atoms with E-state index in [4.69, 9.17) is 13.9 Å². The second-order valence-corrected chi connectivity index (χ2v) is 10.2. The monoisotopic (exact) mass is 516 g/mol. The van der Waals surface area contributed by atoms with Crippen molar-refractivity contribution >= 4 is 17.2 Å². The molecule has 4 rings (SSSR count). The van der Waals surface area contributed by atoms with Crippen molar-refractivity contribution in [2.75, 3.05) is 32.8 Å². The van der Waals surface area contributed by atoms with Gasteiger partial charge in [-0.15, -0.1) is 11.3 Å². The highest BCUT2D eigenvalue weighted by atomic mass is 32.1. The lowest BCUT2D eigenvalue weighted by molar-refractivity contribution is -0.137. The van der Waals surface area contributed by atoms with Crippen LogP contribution in [-0.4, -0.2) is 65.8 Å². The molecule has 1 amide bonds. The van der Waals surface area contributed by atoms with Crippen LogP contribution in [0.1, 0.15) is 36.1 Å². The molecule has 9 heteroatoms. The molecule has 0 aliphatic carbocycles. The van der Waals surface area contributed by atoms with E-state index in [-0.39, 0.29) is 50.2 Å². The topological polar surface area (TPSA) is 75.4 Å². The van der Waals surface area contributed by atoms with Crippen molar-refractivity contribution < 1.29 is 28.2 Å². The smallest absolute Gasteiger partial charge is 0.237 e. The molecular formula is C27H33FN2O5S. The number of hydrogen-bond acceptors (Lipinski definition) is 7. The third-order valence-corrected chi connectivity index (χ3v) is 7.28. The Labute approximate surface area is 215 Å². The molecule has 1 aliphatic rings. The summed E-state index contributed by atoms with van der Waals surface area (Å²) < 4.78 is 30.0. The van der Waals surface area contributed by atoms with Gasteiger partial charge in [-0.1, -0.05) is 0 Å². The predicted molar refractivity (Wildman–Crippen MR) is 135 cm³/mol. The van der Waals surface area contributed by atoms with E-state index in [2.05, 4.69) is 6.07 Å². The van der Waals surface area contributed by atoms with Gasteiger partial charge >= 0.3 is 0 Å². The summed E-state index contributed by atoms with van der Waals surface area (Å²) >= 11 is 1.69. The molecule has 0 saturated heterocycles. The molecule has 0 bridgehead atoms. The van der Waals surface area contributed by atoms with Gasteiger partial charge in [0.2, 0.25) is 5.91 Å². The van der Waals surface area contributed by atoms with Crippen LogP contribution in [0.3, 0.4) is 0 Å². The molecule has 0 saturated carbocycles. The summed E-state index contributed by atoms with van der Waals surface area (Å²) in [5.41, 5.74) is 1.10. The zero-order valence-electron chi connectivity index (χ0n) is 20.6. The number of hydrogen-bond donors (Lipinski definition) is 1. The largest absolute Gasteiger partial charge is 0.491 e. The first-order chi connectivity index (χ1) is 17.4. The average molecular weight is 517 g/mol. The molecule has 0 unspecified atom stereocenters. The van der Waals surface area contributed by atoms with Crippen molar-refractivity contribution in [3.63, 3.8) is 0 Å². The van der Waals surface area contributed by atoms with Crippen LogP contribution in [0.4, 0.5) is 4.39 Å². The maximum atomic E-state index is 13.5. The summed E-state index contributed by atoms with van der Waals surface area (Å²) in [5.74, 6) is 0.925. The highest BCUT2D eigenvalue weighted by molar-refractivity contribution is 7.10. The summed E-state index contributed by atoms with van der Waals surface area (Å²) in [4.78, 5) is 18.6. The fourth-order valence-corrected chi connectivity index (χ4v) is 5.24. The number of carbonyl (C=O) groups excluding carboxylic acids is 1. The van der Waals surface area contributed by atoms with Gasteiger partial charge in [-0.3, -0.25) is 9.69 Å². The molecule has 36 heavy (non-hydrogen) atoms. The van der Waals surface area contributed by atoms with E-state index in [9.17, 15) is 14.3 Å². The van der Waals surface area contributed by atoms with Gasteiger partial charge in [0.05, 0.1) is 31.6 Å². The number of aliphatic hydroxyl groups excluding tert-OH is 1. The molecule has 3 heterocycles. The number of halogens is 1. The maximum Gasteiger partial charge on any atom is 0.237 e. The quantitative estimate of drug-likeness (QED) is 0.388. The number of rotatable bonds is 12. The average Bonchev–Trinajstić information content (AvgIpc) is 3.55. The Morgan fingerprint density at radius 1 is 1.28 bits per heavy atom. The summed E-state index contributed by atoms with van der Waals surface area (Å²) in [7, 11) is 0. The van der Waals surface area contributed by atoms with E-state index >= 15 is 0 Å². The molecule has 0 radical (unpaired) electrons. The summed E-state index contributed by atoms with van der Waals surface area (Å²) in [6, 6.07) is 11.4. The highest BCUT2D eigenvalue weighted by Crippen LogP contribution is 2.34. The van der Waals surface area contributed by atoms with Crippen LogP contribution in [0.15, 0.2) is 58.5 Å². The zero-order valence-corrected chi connectivity index (χ0v) is 21.5. The van der Waals surface area contributed by atoms with Gasteiger partial charge in [-0.2, -0.15) is 0 Å². The third kappa shape index (κ3) is 6.94. The second-order valence-electron chi connectivity index (χ2n) is 9.19. The maximum absolute atomic E-state index is 13.5. The first-order valence-electron chi connectivity index (χ1n) is 12.2. The van der Waals surface area contributed by atoms with Gasteiger partial charge in [0.15, 0.2) is 0 Å². The van der Waals surface area contributed by atoms with E-state index in [1.165, 1.54) is 17.0 Å². The van der Waals surface area contributed by atoms with Gasteiger partial charge in [0.25, 0.3) is 0 Å². The Morgan fingerprint density at radius 2 is 2.08 bits per heavy atom. The second kappa shape index (κ2) is 12.5. The minimum atomic E-state index is -0.738. The van der Waals surface area contributed by atoms with Crippen molar-refractivity contribution in [3.05, 3.63) is 76.1 Å². The van der Waals surface area contributed by atoms with Crippen LogP contribution in [0.5, 0.6) is 5.75 Å². The van der Waals surface area contributed by atoms with Crippen LogP contribution in [0.25, 0.3) is 0 Å². The fourth-order valence-electron chi connectivity index (χ4n) is 4.32. The molecule has 1 aliphatic heterocycles. The van der Waals surface area contributed by atoms with Crippen LogP contribution in [-0.2, 0) is 22.6 Å². The number of amides is 1. The molecule has 0 spiro atoms. The van der Waals surface area contributed by atoms with Gasteiger partial charge < -0.3 is 23.9 Å². The lowest BCUT2D eigenvalue weighted by Gasteiger charge is -2.38. The summed E-state index contributed by atoms with van der Waals surface area (Å²) in [5, 5.41) is 12.6. The molecule has 7 nitrogen and oxygen atoms in total. The van der Waals surface area contributed by atoms with Gasteiger partial charge in [0.1, 0.15) is 30.5 Å². The van der Waals surface area contributed by atoms with Crippen molar-refractivity contribution in [1.82, 2.24) is 9.80 Å². The predicted octanol–water partition coefficient (Wildman–Crippen LogP) is 4.27. The first kappa shape index (κ1) is 26.3. The molecule has 2 atom stereocenters. The Hall–Kier alpha value is -2.72. The van der Waals surface area contributed by atoms with Crippen molar-refractivity contribution in [2.24, 2.45) is 0 Å². The van der Waals surface area contributed by atoms with Crippen molar-refractivity contribution in [1.29, 1.82) is 0 Å². The summed E-state index contributed by atoms with van der Waals surface area (Å²) in [6.07, 6.45) is 1.65.